The van der Waals surface area contributed by atoms with E-state index in [9.17, 15) is 0 Å². The molecule has 0 aliphatic heterocycles. The predicted molar refractivity (Wildman–Crippen MR) is 52.9 cm³/mol. The Kier molecular flexibility index (Phi) is 10.0. The maximum Gasteiger partial charge on any atom is -0.0533 e. The molecule has 3 aliphatic rings. The van der Waals surface area contributed by atoms with Gasteiger partial charge in [-0.1, -0.05) is 71.6 Å². The van der Waals surface area contributed by atoms with Crippen molar-refractivity contribution in [3.63, 3.8) is 0 Å². The molecular weight excluding hydrogens is 132 g/mol. The molecule has 0 unspecified atom stereocenters. The Morgan fingerprint density at radius 2 is 0.455 bits per heavy atom. The normalized spacial score (nSPS) is 20.2. The Bertz CT molecular complexity index is 28.5. The van der Waals surface area contributed by atoms with E-state index in [0.29, 0.717) is 0 Å². The Labute approximate surface area is 72.4 Å². The van der Waals surface area contributed by atoms with Crippen LogP contribution >= 0.6 is 0 Å². The van der Waals surface area contributed by atoms with E-state index in [1.165, 1.54) is 57.8 Å². The maximum absolute atomic E-state index is 2.00. The minimum atomic E-state index is 1.50. The van der Waals surface area contributed by atoms with Crippen LogP contribution in [0.15, 0.2) is 0 Å². The van der Waals surface area contributed by atoms with E-state index in [1.807, 2.05) is 13.8 Å². The van der Waals surface area contributed by atoms with Gasteiger partial charge in [0.2, 0.25) is 0 Å². The Morgan fingerprint density at radius 3 is 0.455 bits per heavy atom. The molecule has 0 heteroatoms. The second kappa shape index (κ2) is 10.0. The van der Waals surface area contributed by atoms with Crippen molar-refractivity contribution in [3.8, 4) is 0 Å². The van der Waals surface area contributed by atoms with Crippen molar-refractivity contribution in [2.45, 2.75) is 71.6 Å². The molecule has 0 spiro atoms. The van der Waals surface area contributed by atoms with Crippen LogP contribution in [-0.4, -0.2) is 0 Å². The molecule has 11 heavy (non-hydrogen) atoms. The van der Waals surface area contributed by atoms with Crippen LogP contribution in [0.2, 0.25) is 0 Å². The molecule has 3 aliphatic carbocycles. The lowest BCUT2D eigenvalue weighted by Gasteiger charge is -1.07. The first kappa shape index (κ1) is 11.0. The summed E-state index contributed by atoms with van der Waals surface area (Å²) in [7, 11) is 0. The molecule has 0 heterocycles. The highest BCUT2D eigenvalue weighted by molar-refractivity contribution is 4.51. The zero-order valence-corrected chi connectivity index (χ0v) is 8.36. The number of hydrogen-bond donors (Lipinski definition) is 0. The van der Waals surface area contributed by atoms with Crippen LogP contribution in [0, 0.1) is 0 Å². The molecule has 0 aromatic heterocycles. The highest BCUT2D eigenvalue weighted by Gasteiger charge is 1.95. The molecule has 3 rings (SSSR count). The highest BCUT2D eigenvalue weighted by atomic mass is 14.0. The third-order valence-corrected chi connectivity index (χ3v) is 1.06. The van der Waals surface area contributed by atoms with Crippen LogP contribution in [0.25, 0.3) is 0 Å². The average molecular weight is 156 g/mol. The van der Waals surface area contributed by atoms with E-state index in [-0.39, 0.29) is 0 Å². The third-order valence-electron chi connectivity index (χ3n) is 1.06. The van der Waals surface area contributed by atoms with Crippen molar-refractivity contribution in [2.24, 2.45) is 0 Å². The van der Waals surface area contributed by atoms with Crippen molar-refractivity contribution >= 4 is 0 Å². The van der Waals surface area contributed by atoms with E-state index in [0.717, 1.165) is 0 Å². The van der Waals surface area contributed by atoms with Crippen LogP contribution in [0.1, 0.15) is 71.6 Å². The fourth-order valence-corrected chi connectivity index (χ4v) is 0. The average Bonchev–Trinajstić information content (AvgIpc) is 2.99. The van der Waals surface area contributed by atoms with Gasteiger partial charge in [0.05, 0.1) is 0 Å². The number of rotatable bonds is 0. The summed E-state index contributed by atoms with van der Waals surface area (Å²) in [5.41, 5.74) is 0. The van der Waals surface area contributed by atoms with E-state index >= 15 is 0 Å². The lowest BCUT2D eigenvalue weighted by atomic mass is 11.0. The second-order valence-electron chi connectivity index (χ2n) is 3.18. The fraction of sp³-hybridized carbons (Fsp3) is 1.00. The molecule has 0 saturated heterocycles. The standard InChI is InChI=1S/3C3H6.C2H6/c3*1-2-3-1;1-2/h3*1-3H2;1-2H3. The quantitative estimate of drug-likeness (QED) is 0.483. The Balaban J connectivity index is 0.000000124. The molecule has 68 valence electrons. The summed E-state index contributed by atoms with van der Waals surface area (Å²) in [6.45, 7) is 4.00. The summed E-state index contributed by atoms with van der Waals surface area (Å²) in [6.07, 6.45) is 13.5. The van der Waals surface area contributed by atoms with Crippen LogP contribution in [0.5, 0.6) is 0 Å². The molecule has 0 aromatic carbocycles. The summed E-state index contributed by atoms with van der Waals surface area (Å²) in [5, 5.41) is 0. The van der Waals surface area contributed by atoms with Crippen LogP contribution in [0.4, 0.5) is 0 Å². The van der Waals surface area contributed by atoms with Crippen LogP contribution < -0.4 is 0 Å². The molecule has 3 saturated carbocycles. The summed E-state index contributed by atoms with van der Waals surface area (Å²) in [4.78, 5) is 0. The molecule has 0 amide bonds. The minimum Gasteiger partial charge on any atom is -0.0683 e. The predicted octanol–water partition coefficient (Wildman–Crippen LogP) is 4.54. The second-order valence-corrected chi connectivity index (χ2v) is 3.18. The molecule has 0 atom stereocenters. The molecule has 0 nitrogen and oxygen atoms in total. The van der Waals surface area contributed by atoms with Crippen molar-refractivity contribution in [2.75, 3.05) is 0 Å². The van der Waals surface area contributed by atoms with E-state index in [1.54, 1.807) is 0 Å². The molecular formula is C11H24. The van der Waals surface area contributed by atoms with Gasteiger partial charge in [0, 0.05) is 0 Å². The molecule has 0 radical (unpaired) electrons. The summed E-state index contributed by atoms with van der Waals surface area (Å²) < 4.78 is 0. The zero-order valence-electron chi connectivity index (χ0n) is 8.36. The van der Waals surface area contributed by atoms with Gasteiger partial charge in [-0.25, -0.2) is 0 Å². The van der Waals surface area contributed by atoms with Crippen molar-refractivity contribution in [1.82, 2.24) is 0 Å². The van der Waals surface area contributed by atoms with Crippen molar-refractivity contribution < 1.29 is 0 Å². The van der Waals surface area contributed by atoms with Gasteiger partial charge in [0.15, 0.2) is 0 Å². The molecule has 0 bridgehead atoms. The van der Waals surface area contributed by atoms with Gasteiger partial charge in [-0.3, -0.25) is 0 Å². The van der Waals surface area contributed by atoms with Crippen molar-refractivity contribution in [1.29, 1.82) is 0 Å². The lowest BCUT2D eigenvalue weighted by Crippen LogP contribution is -0.856. The topological polar surface area (TPSA) is 0 Å². The van der Waals surface area contributed by atoms with Crippen LogP contribution in [-0.2, 0) is 0 Å². The minimum absolute atomic E-state index is 1.50. The summed E-state index contributed by atoms with van der Waals surface area (Å²) in [5.74, 6) is 0. The molecule has 0 N–H and O–H groups in total. The van der Waals surface area contributed by atoms with Gasteiger partial charge in [0.1, 0.15) is 0 Å². The van der Waals surface area contributed by atoms with Gasteiger partial charge in [-0.15, -0.1) is 0 Å². The van der Waals surface area contributed by atoms with Gasteiger partial charge in [-0.05, 0) is 0 Å². The number of hydrogen-bond acceptors (Lipinski definition) is 0. The van der Waals surface area contributed by atoms with Crippen LogP contribution in [0.3, 0.4) is 0 Å². The first-order valence-electron chi connectivity index (χ1n) is 5.50. The van der Waals surface area contributed by atoms with E-state index in [4.69, 9.17) is 0 Å². The van der Waals surface area contributed by atoms with Gasteiger partial charge >= 0.3 is 0 Å². The SMILES string of the molecule is C1CC1.C1CC1.C1CC1.CC. The highest BCUT2D eigenvalue weighted by Crippen LogP contribution is 2.15. The van der Waals surface area contributed by atoms with Gasteiger partial charge in [0.25, 0.3) is 0 Å². The molecule has 3 fully saturated rings. The monoisotopic (exact) mass is 156 g/mol. The van der Waals surface area contributed by atoms with E-state index in [2.05, 4.69) is 0 Å². The summed E-state index contributed by atoms with van der Waals surface area (Å²) >= 11 is 0. The van der Waals surface area contributed by atoms with E-state index < -0.39 is 0 Å². The van der Waals surface area contributed by atoms with Gasteiger partial charge in [-0.2, -0.15) is 0 Å². The summed E-state index contributed by atoms with van der Waals surface area (Å²) in [6, 6.07) is 0. The Morgan fingerprint density at radius 1 is 0.364 bits per heavy atom. The first-order chi connectivity index (χ1) is 5.50. The molecule has 0 aromatic rings. The smallest absolute Gasteiger partial charge is 0.0533 e. The lowest BCUT2D eigenvalue weighted by molar-refractivity contribution is 1.50. The Hall–Kier alpha value is 0. The fourth-order valence-electron chi connectivity index (χ4n) is 0. The van der Waals surface area contributed by atoms with Gasteiger partial charge < -0.3 is 0 Å². The largest absolute Gasteiger partial charge is 0.0683 e. The maximum atomic E-state index is 2.00. The third kappa shape index (κ3) is 71.1. The first-order valence-corrected chi connectivity index (χ1v) is 5.50. The zero-order chi connectivity index (χ0) is 8.36. The van der Waals surface area contributed by atoms with Crippen molar-refractivity contribution in [3.05, 3.63) is 0 Å².